The molecule has 12 heteroatoms. The minimum Gasteiger partial charge on any atom is -0.322 e. The molecular weight excluding hydrogens is 450 g/mol. The van der Waals surface area contributed by atoms with Crippen molar-refractivity contribution in [3.05, 3.63) is 64.7 Å². The lowest BCUT2D eigenvalue weighted by atomic mass is 10.1. The zero-order valence-electron chi connectivity index (χ0n) is 15.3. The van der Waals surface area contributed by atoms with Gasteiger partial charge in [-0.25, -0.2) is 0 Å². The zero-order chi connectivity index (χ0) is 23.0. The minimum atomic E-state index is -5.05. The van der Waals surface area contributed by atoms with Gasteiger partial charge in [0, 0.05) is 11.3 Å². The van der Waals surface area contributed by atoms with Gasteiger partial charge in [0.05, 0.1) is 23.4 Å². The maximum atomic E-state index is 13.0. The summed E-state index contributed by atoms with van der Waals surface area (Å²) >= 11 is 0.826. The van der Waals surface area contributed by atoms with Gasteiger partial charge in [-0.1, -0.05) is 23.9 Å². The van der Waals surface area contributed by atoms with E-state index in [-0.39, 0.29) is 23.9 Å². The Hall–Kier alpha value is -3.02. The molecule has 0 atom stereocenters. The lowest BCUT2D eigenvalue weighted by Crippen LogP contribution is -2.28. The first kappa shape index (κ1) is 22.7. The number of amides is 3. The number of imide groups is 1. The smallest absolute Gasteiger partial charge is 0.322 e. The monoisotopic (exact) mass is 462 g/mol. The molecule has 31 heavy (non-hydrogen) atoms. The topological polar surface area (TPSA) is 66.5 Å². The SMILES string of the molecule is O=C(Nc1cc(C(F)(F)F)cc(C(F)(F)F)c1)c1cccc(CN2C(=O)CSC2=O)c1. The van der Waals surface area contributed by atoms with Crippen molar-refractivity contribution in [3.63, 3.8) is 0 Å². The number of thioether (sulfide) groups is 1. The zero-order valence-corrected chi connectivity index (χ0v) is 16.1. The van der Waals surface area contributed by atoms with Crippen LogP contribution < -0.4 is 5.32 Å². The highest BCUT2D eigenvalue weighted by molar-refractivity contribution is 8.14. The Labute approximate surface area is 175 Å². The fraction of sp³-hybridized carbons (Fsp3) is 0.211. The molecule has 3 amide bonds. The van der Waals surface area contributed by atoms with Gasteiger partial charge in [0.25, 0.3) is 11.1 Å². The molecule has 1 saturated heterocycles. The highest BCUT2D eigenvalue weighted by Crippen LogP contribution is 2.37. The van der Waals surface area contributed by atoms with E-state index in [0.29, 0.717) is 17.7 Å². The Morgan fingerprint density at radius 1 is 0.968 bits per heavy atom. The molecule has 2 aromatic carbocycles. The van der Waals surface area contributed by atoms with Gasteiger partial charge in [-0.15, -0.1) is 0 Å². The molecule has 1 heterocycles. The molecule has 0 radical (unpaired) electrons. The fourth-order valence-electron chi connectivity index (χ4n) is 2.76. The van der Waals surface area contributed by atoms with Crippen molar-refractivity contribution < 1.29 is 40.7 Å². The molecule has 1 aliphatic heterocycles. The molecule has 5 nitrogen and oxygen atoms in total. The maximum absolute atomic E-state index is 13.0. The quantitative estimate of drug-likeness (QED) is 0.637. The summed E-state index contributed by atoms with van der Waals surface area (Å²) in [5.74, 6) is -1.37. The van der Waals surface area contributed by atoms with Gasteiger partial charge in [0.1, 0.15) is 0 Å². The maximum Gasteiger partial charge on any atom is 0.416 e. The molecular formula is C19H12F6N2O3S. The van der Waals surface area contributed by atoms with E-state index < -0.39 is 46.2 Å². The van der Waals surface area contributed by atoms with Crippen LogP contribution in [0.1, 0.15) is 27.0 Å². The summed E-state index contributed by atoms with van der Waals surface area (Å²) in [6, 6.07) is 6.27. The van der Waals surface area contributed by atoms with Gasteiger partial charge in [-0.2, -0.15) is 26.3 Å². The first-order valence-electron chi connectivity index (χ1n) is 8.51. The standard InChI is InChI=1S/C19H12F6N2O3S/c20-18(21,22)12-5-13(19(23,24)25)7-14(6-12)26-16(29)11-3-1-2-10(4-11)8-27-15(28)9-31-17(27)30/h1-7H,8-9H2,(H,26,29). The largest absolute Gasteiger partial charge is 0.416 e. The Morgan fingerprint density at radius 3 is 2.10 bits per heavy atom. The van der Waals surface area contributed by atoms with Crippen LogP contribution >= 0.6 is 11.8 Å². The van der Waals surface area contributed by atoms with E-state index in [4.69, 9.17) is 0 Å². The van der Waals surface area contributed by atoms with E-state index in [9.17, 15) is 40.7 Å². The fourth-order valence-corrected chi connectivity index (χ4v) is 3.48. The molecule has 0 unspecified atom stereocenters. The van der Waals surface area contributed by atoms with Gasteiger partial charge in [0.15, 0.2) is 0 Å². The molecule has 2 aromatic rings. The number of carbonyl (C=O) groups excluding carboxylic acids is 3. The van der Waals surface area contributed by atoms with Crippen LogP contribution in [0.4, 0.5) is 36.8 Å². The number of nitrogens with zero attached hydrogens (tertiary/aromatic N) is 1. The summed E-state index contributed by atoms with van der Waals surface area (Å²) in [5.41, 5.74) is -3.49. The van der Waals surface area contributed by atoms with Gasteiger partial charge < -0.3 is 5.32 Å². The molecule has 1 aliphatic rings. The van der Waals surface area contributed by atoms with E-state index >= 15 is 0 Å². The summed E-state index contributed by atoms with van der Waals surface area (Å²) < 4.78 is 77.8. The number of carbonyl (C=O) groups is 3. The van der Waals surface area contributed by atoms with Crippen molar-refractivity contribution in [2.45, 2.75) is 18.9 Å². The number of hydrogen-bond acceptors (Lipinski definition) is 4. The van der Waals surface area contributed by atoms with E-state index in [1.54, 1.807) is 0 Å². The van der Waals surface area contributed by atoms with Crippen LogP contribution in [-0.2, 0) is 23.7 Å². The van der Waals surface area contributed by atoms with Gasteiger partial charge in [-0.05, 0) is 35.9 Å². The van der Waals surface area contributed by atoms with Gasteiger partial charge in [0.2, 0.25) is 5.91 Å². The van der Waals surface area contributed by atoms with Crippen molar-refractivity contribution >= 4 is 34.5 Å². The summed E-state index contributed by atoms with van der Waals surface area (Å²) in [5, 5.41) is 1.58. The van der Waals surface area contributed by atoms with Crippen molar-refractivity contribution in [3.8, 4) is 0 Å². The Bertz CT molecular complexity index is 1000. The Kier molecular flexibility index (Phi) is 6.03. The van der Waals surface area contributed by atoms with Crippen LogP contribution in [0.15, 0.2) is 42.5 Å². The van der Waals surface area contributed by atoms with Crippen LogP contribution in [0.5, 0.6) is 0 Å². The summed E-state index contributed by atoms with van der Waals surface area (Å²) in [6.45, 7) is -0.117. The third-order valence-corrected chi connectivity index (χ3v) is 5.07. The third-order valence-electron chi connectivity index (χ3n) is 4.22. The Morgan fingerprint density at radius 2 is 1.58 bits per heavy atom. The molecule has 1 fully saturated rings. The van der Waals surface area contributed by atoms with Crippen LogP contribution in [0.25, 0.3) is 0 Å². The predicted octanol–water partition coefficient (Wildman–Crippen LogP) is 5.17. The molecule has 0 aromatic heterocycles. The average molecular weight is 462 g/mol. The third kappa shape index (κ3) is 5.37. The average Bonchev–Trinajstić information content (AvgIpc) is 2.98. The normalized spacial score (nSPS) is 14.8. The van der Waals surface area contributed by atoms with E-state index in [1.165, 1.54) is 24.3 Å². The van der Waals surface area contributed by atoms with Crippen molar-refractivity contribution in [2.24, 2.45) is 0 Å². The second kappa shape index (κ2) is 8.25. The molecule has 164 valence electrons. The first-order valence-corrected chi connectivity index (χ1v) is 9.50. The molecule has 3 rings (SSSR count). The van der Waals surface area contributed by atoms with E-state index in [1.807, 2.05) is 5.32 Å². The van der Waals surface area contributed by atoms with Gasteiger partial charge in [-0.3, -0.25) is 19.3 Å². The highest BCUT2D eigenvalue weighted by atomic mass is 32.2. The van der Waals surface area contributed by atoms with Crippen LogP contribution in [0, 0.1) is 0 Å². The van der Waals surface area contributed by atoms with Crippen molar-refractivity contribution in [2.75, 3.05) is 11.1 Å². The summed E-state index contributed by atoms with van der Waals surface area (Å²) in [4.78, 5) is 36.8. The number of halogens is 6. The number of benzene rings is 2. The molecule has 0 bridgehead atoms. The van der Waals surface area contributed by atoms with E-state index in [0.717, 1.165) is 16.7 Å². The number of alkyl halides is 6. The van der Waals surface area contributed by atoms with Crippen LogP contribution in [0.2, 0.25) is 0 Å². The van der Waals surface area contributed by atoms with Crippen LogP contribution in [-0.4, -0.2) is 27.7 Å². The number of rotatable bonds is 4. The molecule has 1 N–H and O–H groups in total. The number of anilines is 1. The number of hydrogen-bond donors (Lipinski definition) is 1. The minimum absolute atomic E-state index is 0.00387. The van der Waals surface area contributed by atoms with E-state index in [2.05, 4.69) is 0 Å². The second-order valence-corrected chi connectivity index (χ2v) is 7.41. The molecule has 0 aliphatic carbocycles. The number of nitrogens with one attached hydrogen (secondary N) is 1. The van der Waals surface area contributed by atoms with Crippen LogP contribution in [0.3, 0.4) is 0 Å². The summed E-state index contributed by atoms with van der Waals surface area (Å²) in [6.07, 6.45) is -10.1. The van der Waals surface area contributed by atoms with Crippen molar-refractivity contribution in [1.29, 1.82) is 0 Å². The summed E-state index contributed by atoms with van der Waals surface area (Å²) in [7, 11) is 0. The predicted molar refractivity (Wildman–Crippen MR) is 99.2 cm³/mol. The second-order valence-electron chi connectivity index (χ2n) is 6.48. The Balaban J connectivity index is 1.85. The highest BCUT2D eigenvalue weighted by Gasteiger charge is 2.37. The molecule has 0 spiro atoms. The first-order chi connectivity index (χ1) is 14.3. The molecule has 0 saturated carbocycles. The van der Waals surface area contributed by atoms with Gasteiger partial charge >= 0.3 is 12.4 Å². The lowest BCUT2D eigenvalue weighted by Gasteiger charge is -2.15. The lowest BCUT2D eigenvalue weighted by molar-refractivity contribution is -0.143. The van der Waals surface area contributed by atoms with Crippen molar-refractivity contribution in [1.82, 2.24) is 4.90 Å².